The Labute approximate surface area is 134 Å². The van der Waals surface area contributed by atoms with Crippen molar-refractivity contribution in [3.63, 3.8) is 0 Å². The Balaban J connectivity index is 2.97. The lowest BCUT2D eigenvalue weighted by atomic mass is 10.1. The SMILES string of the molecule is CCC(=O)N(C(=O)Cc1ccccc1)[C@@H](CCSC)C(=O)O. The zero-order valence-corrected chi connectivity index (χ0v) is 13.6. The Morgan fingerprint density at radius 2 is 1.82 bits per heavy atom. The van der Waals surface area contributed by atoms with Gasteiger partial charge in [0.25, 0.3) is 0 Å². The molecule has 0 radical (unpaired) electrons. The Hall–Kier alpha value is -1.82. The van der Waals surface area contributed by atoms with Gasteiger partial charge in [0.1, 0.15) is 6.04 Å². The molecule has 1 aromatic rings. The van der Waals surface area contributed by atoms with Crippen LogP contribution in [0.25, 0.3) is 0 Å². The molecule has 0 aromatic heterocycles. The minimum absolute atomic E-state index is 0.0234. The third-order valence-electron chi connectivity index (χ3n) is 3.23. The minimum Gasteiger partial charge on any atom is -0.480 e. The number of aliphatic carboxylic acids is 1. The summed E-state index contributed by atoms with van der Waals surface area (Å²) in [5.74, 6) is -1.48. The highest BCUT2D eigenvalue weighted by atomic mass is 32.2. The second-order valence-electron chi connectivity index (χ2n) is 4.81. The molecule has 0 fully saturated rings. The van der Waals surface area contributed by atoms with Gasteiger partial charge in [-0.25, -0.2) is 4.79 Å². The molecule has 120 valence electrons. The number of thioether (sulfide) groups is 1. The van der Waals surface area contributed by atoms with Crippen LogP contribution in [0, 0.1) is 0 Å². The van der Waals surface area contributed by atoms with E-state index in [9.17, 15) is 19.5 Å². The number of carboxylic acid groups (broad SMARTS) is 1. The fourth-order valence-corrected chi connectivity index (χ4v) is 2.56. The molecule has 5 nitrogen and oxygen atoms in total. The molecule has 1 atom stereocenters. The molecule has 0 unspecified atom stereocenters. The summed E-state index contributed by atoms with van der Waals surface area (Å²) in [5.41, 5.74) is 0.760. The molecule has 0 heterocycles. The highest BCUT2D eigenvalue weighted by Crippen LogP contribution is 2.14. The van der Waals surface area contributed by atoms with E-state index in [4.69, 9.17) is 0 Å². The van der Waals surface area contributed by atoms with Crippen molar-refractivity contribution in [1.82, 2.24) is 4.90 Å². The normalized spacial score (nSPS) is 11.7. The van der Waals surface area contributed by atoms with Crippen molar-refractivity contribution in [2.75, 3.05) is 12.0 Å². The number of hydrogen-bond donors (Lipinski definition) is 1. The van der Waals surface area contributed by atoms with Crippen molar-refractivity contribution in [2.45, 2.75) is 32.2 Å². The van der Waals surface area contributed by atoms with Crippen LogP contribution in [0.2, 0.25) is 0 Å². The largest absolute Gasteiger partial charge is 0.480 e. The first-order valence-corrected chi connectivity index (χ1v) is 8.51. The van der Waals surface area contributed by atoms with Crippen LogP contribution >= 0.6 is 11.8 Å². The van der Waals surface area contributed by atoms with E-state index in [-0.39, 0.29) is 19.3 Å². The van der Waals surface area contributed by atoms with E-state index in [0.29, 0.717) is 5.75 Å². The monoisotopic (exact) mass is 323 g/mol. The number of amides is 2. The summed E-state index contributed by atoms with van der Waals surface area (Å²) in [6.07, 6.45) is 2.23. The van der Waals surface area contributed by atoms with E-state index in [1.165, 1.54) is 11.8 Å². The summed E-state index contributed by atoms with van der Waals surface area (Å²) in [7, 11) is 0. The zero-order valence-electron chi connectivity index (χ0n) is 12.8. The second-order valence-corrected chi connectivity index (χ2v) is 5.79. The van der Waals surface area contributed by atoms with E-state index in [2.05, 4.69) is 0 Å². The maximum atomic E-state index is 12.5. The van der Waals surface area contributed by atoms with Gasteiger partial charge in [0, 0.05) is 6.42 Å². The van der Waals surface area contributed by atoms with Gasteiger partial charge < -0.3 is 5.11 Å². The van der Waals surface area contributed by atoms with Crippen molar-refractivity contribution >= 4 is 29.5 Å². The molecule has 22 heavy (non-hydrogen) atoms. The van der Waals surface area contributed by atoms with Gasteiger partial charge >= 0.3 is 5.97 Å². The molecule has 0 bridgehead atoms. The summed E-state index contributed by atoms with van der Waals surface area (Å²) in [6, 6.07) is 7.90. The van der Waals surface area contributed by atoms with E-state index < -0.39 is 23.8 Å². The molecule has 0 aliphatic carbocycles. The third kappa shape index (κ3) is 5.18. The van der Waals surface area contributed by atoms with E-state index in [0.717, 1.165) is 10.5 Å². The van der Waals surface area contributed by atoms with Crippen LogP contribution in [0.5, 0.6) is 0 Å². The quantitative estimate of drug-likeness (QED) is 0.794. The molecular weight excluding hydrogens is 302 g/mol. The average molecular weight is 323 g/mol. The summed E-state index contributed by atoms with van der Waals surface area (Å²) in [6.45, 7) is 1.62. The molecule has 0 saturated heterocycles. The van der Waals surface area contributed by atoms with Crippen molar-refractivity contribution in [3.8, 4) is 0 Å². The lowest BCUT2D eigenvalue weighted by Crippen LogP contribution is -2.49. The van der Waals surface area contributed by atoms with E-state index in [1.54, 1.807) is 31.2 Å². The number of carbonyl (C=O) groups excluding carboxylic acids is 2. The van der Waals surface area contributed by atoms with Crippen LogP contribution < -0.4 is 0 Å². The standard InChI is InChI=1S/C16H21NO4S/c1-3-14(18)17(13(16(20)21)9-10-22-2)15(19)11-12-7-5-4-6-8-12/h4-8,13H,3,9-11H2,1-2H3,(H,20,21)/t13-/m0/s1. The minimum atomic E-state index is -1.14. The van der Waals surface area contributed by atoms with Crippen LogP contribution in [0.1, 0.15) is 25.3 Å². The van der Waals surface area contributed by atoms with Gasteiger partial charge in [0.2, 0.25) is 11.8 Å². The molecular formula is C16H21NO4S. The topological polar surface area (TPSA) is 74.7 Å². The number of hydrogen-bond acceptors (Lipinski definition) is 4. The Kier molecular flexibility index (Phi) is 7.66. The molecule has 1 rings (SSSR count). The zero-order chi connectivity index (χ0) is 16.5. The third-order valence-corrected chi connectivity index (χ3v) is 3.87. The van der Waals surface area contributed by atoms with Gasteiger partial charge in [-0.15, -0.1) is 0 Å². The Morgan fingerprint density at radius 1 is 1.18 bits per heavy atom. The molecule has 6 heteroatoms. The van der Waals surface area contributed by atoms with Crippen LogP contribution in [0.3, 0.4) is 0 Å². The molecule has 1 aromatic carbocycles. The fraction of sp³-hybridized carbons (Fsp3) is 0.438. The predicted octanol–water partition coefficient (Wildman–Crippen LogP) is 2.20. The van der Waals surface area contributed by atoms with Gasteiger partial charge in [-0.05, 0) is 24.0 Å². The average Bonchev–Trinajstić information content (AvgIpc) is 2.51. The summed E-state index contributed by atoms with van der Waals surface area (Å²) in [4.78, 5) is 36.9. The van der Waals surface area contributed by atoms with Crippen LogP contribution in [0.4, 0.5) is 0 Å². The van der Waals surface area contributed by atoms with Gasteiger partial charge in [0.05, 0.1) is 6.42 Å². The number of nitrogens with zero attached hydrogens (tertiary/aromatic N) is 1. The van der Waals surface area contributed by atoms with Gasteiger partial charge in [-0.1, -0.05) is 37.3 Å². The van der Waals surface area contributed by atoms with Crippen molar-refractivity contribution in [3.05, 3.63) is 35.9 Å². The molecule has 0 spiro atoms. The van der Waals surface area contributed by atoms with Gasteiger partial charge in [0.15, 0.2) is 0 Å². The van der Waals surface area contributed by atoms with Crippen LogP contribution in [-0.4, -0.2) is 45.8 Å². The summed E-state index contributed by atoms with van der Waals surface area (Å²) in [5, 5.41) is 9.37. The van der Waals surface area contributed by atoms with E-state index in [1.807, 2.05) is 12.3 Å². The Morgan fingerprint density at radius 3 is 2.32 bits per heavy atom. The van der Waals surface area contributed by atoms with Crippen molar-refractivity contribution in [2.24, 2.45) is 0 Å². The number of carbonyl (C=O) groups is 3. The number of benzene rings is 1. The molecule has 0 aliphatic rings. The maximum absolute atomic E-state index is 12.5. The molecule has 0 aliphatic heterocycles. The first-order valence-electron chi connectivity index (χ1n) is 7.11. The number of imide groups is 1. The van der Waals surface area contributed by atoms with Crippen LogP contribution in [0.15, 0.2) is 30.3 Å². The number of carboxylic acids is 1. The molecule has 0 saturated carbocycles. The van der Waals surface area contributed by atoms with Crippen molar-refractivity contribution in [1.29, 1.82) is 0 Å². The van der Waals surface area contributed by atoms with Gasteiger partial charge in [-0.3, -0.25) is 14.5 Å². The lowest BCUT2D eigenvalue weighted by molar-refractivity contribution is -0.157. The molecule has 1 N–H and O–H groups in total. The highest BCUT2D eigenvalue weighted by molar-refractivity contribution is 7.98. The van der Waals surface area contributed by atoms with Crippen molar-refractivity contribution < 1.29 is 19.5 Å². The van der Waals surface area contributed by atoms with Crippen LogP contribution in [-0.2, 0) is 20.8 Å². The maximum Gasteiger partial charge on any atom is 0.326 e. The highest BCUT2D eigenvalue weighted by Gasteiger charge is 2.33. The Bertz CT molecular complexity index is 518. The second kappa shape index (κ2) is 9.25. The summed E-state index contributed by atoms with van der Waals surface area (Å²) < 4.78 is 0. The smallest absolute Gasteiger partial charge is 0.326 e. The summed E-state index contributed by atoms with van der Waals surface area (Å²) >= 11 is 1.49. The molecule has 2 amide bonds. The predicted molar refractivity (Wildman–Crippen MR) is 86.7 cm³/mol. The first kappa shape index (κ1) is 18.2. The van der Waals surface area contributed by atoms with Gasteiger partial charge in [-0.2, -0.15) is 11.8 Å². The fourth-order valence-electron chi connectivity index (χ4n) is 2.11. The first-order chi connectivity index (χ1) is 10.5. The lowest BCUT2D eigenvalue weighted by Gasteiger charge is -2.27. The number of rotatable bonds is 8. The van der Waals surface area contributed by atoms with E-state index >= 15 is 0 Å².